The molecule has 0 spiro atoms. The van der Waals surface area contributed by atoms with E-state index in [4.69, 9.17) is 11.6 Å². The van der Waals surface area contributed by atoms with Crippen LogP contribution >= 0.6 is 11.6 Å². The first kappa shape index (κ1) is 8.17. The molecule has 0 amide bonds. The van der Waals surface area contributed by atoms with Gasteiger partial charge < -0.3 is 4.74 Å². The molecule has 0 aliphatic heterocycles. The highest BCUT2D eigenvalue weighted by molar-refractivity contribution is 6.26. The van der Waals surface area contributed by atoms with Crippen molar-refractivity contribution in [1.82, 2.24) is 0 Å². The molecule has 0 radical (unpaired) electrons. The molecule has 0 atom stereocenters. The fraction of sp³-hybridized carbons (Fsp3) is 0.200. The molecule has 0 fully saturated rings. The Morgan fingerprint density at radius 3 is 2.44 bits per heavy atom. The van der Waals surface area contributed by atoms with Crippen LogP contribution in [0.1, 0.15) is 6.92 Å². The molecule has 3 nitrogen and oxygen atoms in total. The highest BCUT2D eigenvalue weighted by Gasteiger charge is 1.98. The third kappa shape index (κ3) is 5.03. The highest BCUT2D eigenvalue weighted by Crippen LogP contribution is 1.84. The molecule has 0 aliphatic carbocycles. The summed E-state index contributed by atoms with van der Waals surface area (Å²) in [4.78, 5) is 20.2. The van der Waals surface area contributed by atoms with Gasteiger partial charge in [0.2, 0.25) is 0 Å². The van der Waals surface area contributed by atoms with Crippen LogP contribution in [-0.4, -0.2) is 11.9 Å². The van der Waals surface area contributed by atoms with E-state index in [-0.39, 0.29) is 0 Å². The van der Waals surface area contributed by atoms with E-state index >= 15 is 0 Å². The highest BCUT2D eigenvalue weighted by atomic mass is 35.5. The van der Waals surface area contributed by atoms with Crippen molar-refractivity contribution in [2.45, 2.75) is 6.92 Å². The molecular formula is C5H5ClO3. The van der Waals surface area contributed by atoms with Crippen molar-refractivity contribution < 1.29 is 14.3 Å². The fourth-order valence-corrected chi connectivity index (χ4v) is 0.330. The lowest BCUT2D eigenvalue weighted by Crippen LogP contribution is -2.04. The maximum absolute atomic E-state index is 10.2. The molecule has 0 rings (SSSR count). The molecule has 0 aromatic carbocycles. The van der Waals surface area contributed by atoms with E-state index in [0.717, 1.165) is 18.5 Å². The monoisotopic (exact) mass is 148 g/mol. The molecule has 0 saturated heterocycles. The van der Waals surface area contributed by atoms with Crippen LogP contribution in [0.3, 0.4) is 0 Å². The van der Waals surface area contributed by atoms with Gasteiger partial charge in [-0.05, 0) is 0 Å². The van der Waals surface area contributed by atoms with E-state index in [2.05, 4.69) is 4.74 Å². The van der Waals surface area contributed by atoms with E-state index < -0.39 is 11.9 Å². The summed E-state index contributed by atoms with van der Waals surface area (Å²) >= 11 is 4.99. The number of carbonyl (C=O) groups is 2. The maximum Gasteiger partial charge on any atom is 0.339 e. The summed E-state index contributed by atoms with van der Waals surface area (Å²) in [7, 11) is 0. The van der Waals surface area contributed by atoms with Crippen LogP contribution in [0, 0.1) is 0 Å². The van der Waals surface area contributed by atoms with E-state index in [9.17, 15) is 9.59 Å². The minimum atomic E-state index is -0.752. The predicted octanol–water partition coefficient (Wildman–Crippen LogP) is 0.829. The molecule has 0 aliphatic rings. The zero-order chi connectivity index (χ0) is 7.28. The number of hydrogen-bond donors (Lipinski definition) is 0. The van der Waals surface area contributed by atoms with E-state index in [1.807, 2.05) is 0 Å². The number of halogens is 1. The van der Waals surface area contributed by atoms with Gasteiger partial charge in [-0.25, -0.2) is 4.79 Å². The topological polar surface area (TPSA) is 43.4 Å². The smallest absolute Gasteiger partial charge is 0.339 e. The minimum Gasteiger partial charge on any atom is -0.390 e. The third-order valence-electron chi connectivity index (χ3n) is 0.443. The summed E-state index contributed by atoms with van der Waals surface area (Å²) in [5, 5.41) is 0. The van der Waals surface area contributed by atoms with Crippen LogP contribution in [0.4, 0.5) is 0 Å². The zero-order valence-electron chi connectivity index (χ0n) is 4.76. The molecule has 50 valence electrons. The summed E-state index contributed by atoms with van der Waals surface area (Å²) in [5.41, 5.74) is 0.977. The second-order valence-corrected chi connectivity index (χ2v) is 1.46. The average Bonchev–Trinajstić information content (AvgIpc) is 1.63. The van der Waals surface area contributed by atoms with Crippen LogP contribution in [0.25, 0.3) is 0 Å². The van der Waals surface area contributed by atoms with Crippen molar-refractivity contribution in [3.05, 3.63) is 11.6 Å². The number of esters is 2. The average molecular weight is 149 g/mol. The first-order valence-corrected chi connectivity index (χ1v) is 2.59. The Morgan fingerprint density at radius 2 is 2.11 bits per heavy atom. The van der Waals surface area contributed by atoms with Gasteiger partial charge in [0, 0.05) is 18.5 Å². The molecule has 0 unspecified atom stereocenters. The Kier molecular flexibility index (Phi) is 3.71. The summed E-state index contributed by atoms with van der Waals surface area (Å²) in [6, 6.07) is 0. The number of ether oxygens (including phenoxy) is 1. The summed E-state index contributed by atoms with van der Waals surface area (Å²) in [6.45, 7) is 1.14. The molecule has 0 saturated carbocycles. The molecule has 0 bridgehead atoms. The first-order valence-electron chi connectivity index (χ1n) is 2.16. The standard InChI is InChI=1S/C5H5ClO3/c1-4(7)9-5(8)2-3-6/h2-3H,1H3. The normalized spacial score (nSPS) is 9.56. The van der Waals surface area contributed by atoms with Crippen molar-refractivity contribution in [3.8, 4) is 0 Å². The van der Waals surface area contributed by atoms with Gasteiger partial charge in [0.1, 0.15) is 0 Å². The van der Waals surface area contributed by atoms with Crippen molar-refractivity contribution in [2.75, 3.05) is 0 Å². The lowest BCUT2D eigenvalue weighted by atomic mass is 10.6. The molecule has 4 heteroatoms. The Hall–Kier alpha value is -0.830. The quantitative estimate of drug-likeness (QED) is 0.314. The number of rotatable bonds is 1. The third-order valence-corrected chi connectivity index (χ3v) is 0.569. The van der Waals surface area contributed by atoms with Gasteiger partial charge >= 0.3 is 11.9 Å². The zero-order valence-corrected chi connectivity index (χ0v) is 5.51. The lowest BCUT2D eigenvalue weighted by molar-refractivity contribution is -0.154. The van der Waals surface area contributed by atoms with Gasteiger partial charge in [0.15, 0.2) is 0 Å². The fourth-order valence-electron chi connectivity index (χ4n) is 0.227. The van der Waals surface area contributed by atoms with Gasteiger partial charge in [-0.2, -0.15) is 0 Å². The Balaban J connectivity index is 3.64. The van der Waals surface area contributed by atoms with Gasteiger partial charge in [-0.15, -0.1) is 0 Å². The Labute approximate surface area is 57.2 Å². The van der Waals surface area contributed by atoms with Gasteiger partial charge in [0.25, 0.3) is 0 Å². The van der Waals surface area contributed by atoms with Gasteiger partial charge in [-0.3, -0.25) is 4.79 Å². The first-order chi connectivity index (χ1) is 4.16. The van der Waals surface area contributed by atoms with E-state index in [1.165, 1.54) is 0 Å². The van der Waals surface area contributed by atoms with E-state index in [1.54, 1.807) is 0 Å². The summed E-state index contributed by atoms with van der Waals surface area (Å²) < 4.78 is 4.04. The molecule has 0 aromatic rings. The number of hydrogen-bond acceptors (Lipinski definition) is 3. The summed E-state index contributed by atoms with van der Waals surface area (Å²) in [6.07, 6.45) is 0.947. The molecule has 0 heterocycles. The van der Waals surface area contributed by atoms with Crippen LogP contribution in [0.5, 0.6) is 0 Å². The van der Waals surface area contributed by atoms with Gasteiger partial charge in [0.05, 0.1) is 0 Å². The maximum atomic E-state index is 10.2. The molecule has 0 aromatic heterocycles. The van der Waals surface area contributed by atoms with Crippen molar-refractivity contribution in [2.24, 2.45) is 0 Å². The molecular weight excluding hydrogens is 144 g/mol. The van der Waals surface area contributed by atoms with Crippen molar-refractivity contribution >= 4 is 23.5 Å². The Morgan fingerprint density at radius 1 is 1.56 bits per heavy atom. The van der Waals surface area contributed by atoms with E-state index in [0.29, 0.717) is 0 Å². The Bertz CT molecular complexity index is 150. The lowest BCUT2D eigenvalue weighted by Gasteiger charge is -1.89. The summed E-state index contributed by atoms with van der Waals surface area (Å²) in [5.74, 6) is -1.40. The molecule has 0 N–H and O–H groups in total. The largest absolute Gasteiger partial charge is 0.390 e. The second-order valence-electron chi connectivity index (χ2n) is 1.21. The number of carbonyl (C=O) groups excluding carboxylic acids is 2. The predicted molar refractivity (Wildman–Crippen MR) is 31.8 cm³/mol. The van der Waals surface area contributed by atoms with Crippen LogP contribution in [0.15, 0.2) is 11.6 Å². The van der Waals surface area contributed by atoms with Crippen molar-refractivity contribution in [3.63, 3.8) is 0 Å². The second kappa shape index (κ2) is 4.09. The molecule has 9 heavy (non-hydrogen) atoms. The van der Waals surface area contributed by atoms with Crippen LogP contribution < -0.4 is 0 Å². The minimum absolute atomic E-state index is 0.644. The SMILES string of the molecule is CC(=O)OC(=O)C=CCl. The van der Waals surface area contributed by atoms with Crippen molar-refractivity contribution in [1.29, 1.82) is 0 Å². The van der Waals surface area contributed by atoms with Crippen LogP contribution in [0.2, 0.25) is 0 Å². The van der Waals surface area contributed by atoms with Gasteiger partial charge in [-0.1, -0.05) is 11.6 Å². The van der Waals surface area contributed by atoms with Crippen LogP contribution in [-0.2, 0) is 14.3 Å².